The number of aromatic nitrogens is 1. The molecule has 4 N–H and O–H groups in total. The number of fused-ring (bicyclic) bond motifs is 1. The van der Waals surface area contributed by atoms with Gasteiger partial charge in [0.05, 0.1) is 17.0 Å². The van der Waals surface area contributed by atoms with Crippen LogP contribution in [0.15, 0.2) is 48.5 Å². The fourth-order valence-electron chi connectivity index (χ4n) is 4.23. The number of para-hydroxylation sites is 1. The Morgan fingerprint density at radius 2 is 1.82 bits per heavy atom. The number of ketones is 1. The molecule has 1 aromatic heterocycles. The van der Waals surface area contributed by atoms with Crippen LogP contribution in [-0.4, -0.2) is 23.8 Å². The molecule has 174 valence electrons. The average molecular weight is 463 g/mol. The van der Waals surface area contributed by atoms with E-state index in [2.05, 4.69) is 48.9 Å². The number of nitrogen functional groups attached to an aromatic ring is 1. The Labute approximate surface area is 202 Å². The number of benzene rings is 2. The van der Waals surface area contributed by atoms with Crippen LogP contribution in [-0.2, 0) is 13.5 Å². The molecule has 0 radical (unpaired) electrons. The van der Waals surface area contributed by atoms with Gasteiger partial charge in [-0.2, -0.15) is 16.3 Å². The molecule has 3 aromatic rings. The Morgan fingerprint density at radius 1 is 1.09 bits per heavy atom. The number of unbranched alkanes of at least 4 members (excludes halogenated alkanes) is 2. The van der Waals surface area contributed by atoms with E-state index in [0.29, 0.717) is 6.42 Å². The summed E-state index contributed by atoms with van der Waals surface area (Å²) in [6, 6.07) is 15.6. The maximum absolute atomic E-state index is 13.8. The molecule has 1 unspecified atom stereocenters. The minimum atomic E-state index is -0.507. The van der Waals surface area contributed by atoms with Gasteiger partial charge in [0.15, 0.2) is 11.5 Å². The van der Waals surface area contributed by atoms with Gasteiger partial charge in [0, 0.05) is 23.7 Å². The molecular formula is C28H36N3OS+. The first kappa shape index (κ1) is 25.0. The van der Waals surface area contributed by atoms with Crippen LogP contribution in [0.2, 0.25) is 0 Å². The van der Waals surface area contributed by atoms with E-state index in [1.54, 1.807) is 11.8 Å². The molecule has 0 bridgehead atoms. The standard InChI is InChI=1S/C28H35N3OS/c1-4-5-6-11-26-27(28(32)24(30)18-19-33-3)23(17-14-20-12-15-21(29)16-13-20)22-9-7-8-10-25(22)31(26)2/h7-10,12-17,24,29H,4-6,11,18-19,30H2,1-3H3/p+1. The van der Waals surface area contributed by atoms with Gasteiger partial charge in [0.25, 0.3) is 0 Å². The highest BCUT2D eigenvalue weighted by molar-refractivity contribution is 7.98. The van der Waals surface area contributed by atoms with Gasteiger partial charge in [-0.25, -0.2) is 0 Å². The predicted octanol–water partition coefficient (Wildman–Crippen LogP) is 5.41. The van der Waals surface area contributed by atoms with Crippen molar-refractivity contribution >= 4 is 46.3 Å². The SMILES string of the molecule is CCCCCc1c(C(=O)C(N)CCSC)c(C=Cc2ccc(N)cc2)c2ccccc2[n+]1C. The van der Waals surface area contributed by atoms with Gasteiger partial charge >= 0.3 is 0 Å². The van der Waals surface area contributed by atoms with Crippen LogP contribution in [0.3, 0.4) is 0 Å². The number of nitrogens with two attached hydrogens (primary N) is 2. The van der Waals surface area contributed by atoms with E-state index in [9.17, 15) is 4.79 Å². The van der Waals surface area contributed by atoms with Crippen molar-refractivity contribution in [3.63, 3.8) is 0 Å². The van der Waals surface area contributed by atoms with E-state index >= 15 is 0 Å². The molecule has 0 amide bonds. The number of hydrogen-bond donors (Lipinski definition) is 2. The van der Waals surface area contributed by atoms with Crippen molar-refractivity contribution in [3.05, 3.63) is 70.9 Å². The number of carbonyl (C=O) groups is 1. The first-order valence-electron chi connectivity index (χ1n) is 11.7. The third-order valence-corrected chi connectivity index (χ3v) is 6.77. The summed E-state index contributed by atoms with van der Waals surface area (Å²) in [7, 11) is 2.07. The zero-order valence-electron chi connectivity index (χ0n) is 20.0. The van der Waals surface area contributed by atoms with Crippen molar-refractivity contribution in [2.75, 3.05) is 17.7 Å². The first-order chi connectivity index (χ1) is 16.0. The van der Waals surface area contributed by atoms with Crippen molar-refractivity contribution in [2.24, 2.45) is 12.8 Å². The zero-order valence-corrected chi connectivity index (χ0v) is 20.8. The van der Waals surface area contributed by atoms with E-state index in [-0.39, 0.29) is 5.78 Å². The molecule has 4 nitrogen and oxygen atoms in total. The van der Waals surface area contributed by atoms with Crippen molar-refractivity contribution in [3.8, 4) is 0 Å². The quantitative estimate of drug-likeness (QED) is 0.173. The van der Waals surface area contributed by atoms with Crippen LogP contribution in [0.5, 0.6) is 0 Å². The van der Waals surface area contributed by atoms with E-state index in [1.807, 2.05) is 36.6 Å². The molecule has 33 heavy (non-hydrogen) atoms. The lowest BCUT2D eigenvalue weighted by Gasteiger charge is -2.17. The van der Waals surface area contributed by atoms with Gasteiger partial charge in [0.2, 0.25) is 5.52 Å². The predicted molar refractivity (Wildman–Crippen MR) is 143 cm³/mol. The molecule has 5 heteroatoms. The fraction of sp³-hybridized carbons (Fsp3) is 0.357. The normalized spacial score (nSPS) is 12.5. The van der Waals surface area contributed by atoms with Gasteiger partial charge < -0.3 is 11.5 Å². The summed E-state index contributed by atoms with van der Waals surface area (Å²) < 4.78 is 2.19. The molecule has 0 saturated carbocycles. The monoisotopic (exact) mass is 462 g/mol. The number of Topliss-reactive ketones (excluding diaryl/α,β-unsaturated/α-hetero) is 1. The van der Waals surface area contributed by atoms with Crippen LogP contribution < -0.4 is 16.0 Å². The highest BCUT2D eigenvalue weighted by Crippen LogP contribution is 2.27. The van der Waals surface area contributed by atoms with Gasteiger partial charge in [-0.05, 0) is 48.6 Å². The summed E-state index contributed by atoms with van der Waals surface area (Å²) in [6.45, 7) is 2.20. The summed E-state index contributed by atoms with van der Waals surface area (Å²) in [6.07, 6.45) is 11.0. The summed E-state index contributed by atoms with van der Waals surface area (Å²) in [5.41, 5.74) is 18.0. The Bertz CT molecular complexity index is 1120. The third-order valence-electron chi connectivity index (χ3n) is 6.13. The van der Waals surface area contributed by atoms with Crippen LogP contribution in [0, 0.1) is 0 Å². The Balaban J connectivity index is 2.22. The Morgan fingerprint density at radius 3 is 2.52 bits per heavy atom. The van der Waals surface area contributed by atoms with Crippen LogP contribution in [0.1, 0.15) is 59.8 Å². The van der Waals surface area contributed by atoms with E-state index < -0.39 is 6.04 Å². The number of hydrogen-bond acceptors (Lipinski definition) is 4. The second kappa shape index (κ2) is 12.0. The summed E-state index contributed by atoms with van der Waals surface area (Å²) in [4.78, 5) is 13.8. The molecule has 0 saturated heterocycles. The highest BCUT2D eigenvalue weighted by atomic mass is 32.2. The molecule has 1 atom stereocenters. The number of thioether (sulfide) groups is 1. The zero-order chi connectivity index (χ0) is 23.8. The summed E-state index contributed by atoms with van der Waals surface area (Å²) in [5.74, 6) is 0.905. The topological polar surface area (TPSA) is 73.0 Å². The number of nitrogens with zero attached hydrogens (tertiary/aromatic N) is 1. The van der Waals surface area contributed by atoms with E-state index in [1.165, 1.54) is 0 Å². The van der Waals surface area contributed by atoms with Crippen LogP contribution in [0.4, 0.5) is 5.69 Å². The smallest absolute Gasteiger partial charge is 0.213 e. The molecule has 2 aromatic carbocycles. The second-order valence-corrected chi connectivity index (χ2v) is 9.51. The number of rotatable bonds is 11. The van der Waals surface area contributed by atoms with Crippen molar-refractivity contribution in [1.82, 2.24) is 0 Å². The van der Waals surface area contributed by atoms with Crippen molar-refractivity contribution < 1.29 is 9.36 Å². The maximum Gasteiger partial charge on any atom is 0.213 e. The summed E-state index contributed by atoms with van der Waals surface area (Å²) in [5, 5.41) is 1.06. The number of anilines is 1. The summed E-state index contributed by atoms with van der Waals surface area (Å²) >= 11 is 1.72. The Kier molecular flexibility index (Phi) is 9.10. The van der Waals surface area contributed by atoms with E-state index in [0.717, 1.165) is 70.4 Å². The molecule has 0 spiro atoms. The molecule has 1 heterocycles. The number of pyridine rings is 1. The number of carbonyl (C=O) groups excluding carboxylic acids is 1. The van der Waals surface area contributed by atoms with E-state index in [4.69, 9.17) is 11.5 Å². The van der Waals surface area contributed by atoms with Gasteiger partial charge in [-0.15, -0.1) is 0 Å². The minimum Gasteiger partial charge on any atom is -0.399 e. The largest absolute Gasteiger partial charge is 0.399 e. The van der Waals surface area contributed by atoms with Crippen LogP contribution >= 0.6 is 11.8 Å². The van der Waals surface area contributed by atoms with Crippen molar-refractivity contribution in [1.29, 1.82) is 0 Å². The lowest BCUT2D eigenvalue weighted by molar-refractivity contribution is -0.653. The number of aryl methyl sites for hydroxylation is 1. The maximum atomic E-state index is 13.8. The lowest BCUT2D eigenvalue weighted by Crippen LogP contribution is -2.41. The van der Waals surface area contributed by atoms with Gasteiger partial charge in [-0.1, -0.05) is 56.2 Å². The molecule has 0 aliphatic carbocycles. The van der Waals surface area contributed by atoms with Crippen molar-refractivity contribution in [2.45, 2.75) is 45.1 Å². The fourth-order valence-corrected chi connectivity index (χ4v) is 4.72. The van der Waals surface area contributed by atoms with Gasteiger partial charge in [-0.3, -0.25) is 4.79 Å². The molecule has 0 aliphatic rings. The highest BCUT2D eigenvalue weighted by Gasteiger charge is 2.29. The lowest BCUT2D eigenvalue weighted by atomic mass is 9.90. The average Bonchev–Trinajstić information content (AvgIpc) is 2.83. The second-order valence-electron chi connectivity index (χ2n) is 8.52. The molecule has 0 aliphatic heterocycles. The van der Waals surface area contributed by atoms with Crippen LogP contribution in [0.25, 0.3) is 23.1 Å². The molecule has 3 rings (SSSR count). The molecule has 0 fully saturated rings. The third kappa shape index (κ3) is 6.04. The first-order valence-corrected chi connectivity index (χ1v) is 13.1. The molecular weight excluding hydrogens is 426 g/mol. The van der Waals surface area contributed by atoms with Gasteiger partial charge in [0.1, 0.15) is 7.05 Å². The minimum absolute atomic E-state index is 0.0360. The Hall–Kier alpha value is -2.63.